The van der Waals surface area contributed by atoms with Crippen molar-refractivity contribution < 1.29 is 17.6 Å². The van der Waals surface area contributed by atoms with Crippen molar-refractivity contribution in [1.29, 1.82) is 5.26 Å². The summed E-state index contributed by atoms with van der Waals surface area (Å²) in [5.41, 5.74) is -1.08. The molecule has 70 valence electrons. The van der Waals surface area contributed by atoms with Crippen LogP contribution in [0.4, 0.5) is 17.6 Å². The number of nitriles is 1. The summed E-state index contributed by atoms with van der Waals surface area (Å²) >= 11 is 0. The molecular formula is C9HF4N. The largest absolute Gasteiger partial charge is 0.204 e. The van der Waals surface area contributed by atoms with Gasteiger partial charge in [0.15, 0.2) is 29.3 Å². The van der Waals surface area contributed by atoms with Gasteiger partial charge in [-0.15, -0.1) is 0 Å². The topological polar surface area (TPSA) is 23.8 Å². The summed E-state index contributed by atoms with van der Waals surface area (Å²) in [6, 6.07) is 1.34. The van der Waals surface area contributed by atoms with Gasteiger partial charge in [0.1, 0.15) is 5.56 Å². The molecule has 0 bridgehead atoms. The minimum atomic E-state index is -1.60. The maximum Gasteiger partial charge on any atom is 0.177 e. The van der Waals surface area contributed by atoms with Crippen molar-refractivity contribution in [2.75, 3.05) is 0 Å². The summed E-state index contributed by atoms with van der Waals surface area (Å²) in [4.78, 5) is 0. The number of hydrogen-bond acceptors (Lipinski definition) is 1. The zero-order chi connectivity index (χ0) is 10.7. The van der Waals surface area contributed by atoms with Gasteiger partial charge in [0, 0.05) is 12.0 Å². The van der Waals surface area contributed by atoms with Gasteiger partial charge in [-0.05, 0) is 5.92 Å². The molecule has 1 aromatic carbocycles. The van der Waals surface area contributed by atoms with Crippen LogP contribution in [0.25, 0.3) is 0 Å². The van der Waals surface area contributed by atoms with E-state index in [1.807, 2.05) is 0 Å². The van der Waals surface area contributed by atoms with Crippen LogP contribution in [-0.2, 0) is 0 Å². The Labute approximate surface area is 76.6 Å². The van der Waals surface area contributed by atoms with E-state index >= 15 is 0 Å². The summed E-state index contributed by atoms with van der Waals surface area (Å²) in [6.45, 7) is 0. The lowest BCUT2D eigenvalue weighted by Gasteiger charge is -1.99. The van der Waals surface area contributed by atoms with Crippen molar-refractivity contribution in [2.45, 2.75) is 0 Å². The van der Waals surface area contributed by atoms with Gasteiger partial charge in [-0.1, -0.05) is 0 Å². The van der Waals surface area contributed by atoms with Crippen molar-refractivity contribution in [2.24, 2.45) is 0 Å². The Hall–Kier alpha value is -2.01. The highest BCUT2D eigenvalue weighted by Gasteiger charge is 2.17. The van der Waals surface area contributed by atoms with Gasteiger partial charge in [0.05, 0.1) is 0 Å². The summed E-state index contributed by atoms with van der Waals surface area (Å²) in [5, 5.41) is 7.99. The van der Waals surface area contributed by atoms with Crippen LogP contribution in [0.2, 0.25) is 0 Å². The van der Waals surface area contributed by atoms with Crippen LogP contribution in [0.15, 0.2) is 6.07 Å². The molecule has 0 heterocycles. The Morgan fingerprint density at radius 2 is 1.50 bits per heavy atom. The van der Waals surface area contributed by atoms with Crippen molar-refractivity contribution in [3.63, 3.8) is 0 Å². The lowest BCUT2D eigenvalue weighted by Crippen LogP contribution is -1.98. The average Bonchev–Trinajstić information content (AvgIpc) is 2.15. The molecule has 0 spiro atoms. The van der Waals surface area contributed by atoms with Gasteiger partial charge in [0.25, 0.3) is 0 Å². The minimum Gasteiger partial charge on any atom is -0.204 e. The number of benzene rings is 1. The Kier molecular flexibility index (Phi) is 2.73. The second kappa shape index (κ2) is 3.80. The van der Waals surface area contributed by atoms with E-state index in [1.54, 1.807) is 11.8 Å². The van der Waals surface area contributed by atoms with Gasteiger partial charge >= 0.3 is 0 Å². The average molecular weight is 199 g/mol. The maximum atomic E-state index is 12.8. The van der Waals surface area contributed by atoms with Crippen molar-refractivity contribution in [3.8, 4) is 17.9 Å². The molecule has 0 unspecified atom stereocenters. The molecule has 14 heavy (non-hydrogen) atoms. The van der Waals surface area contributed by atoms with Crippen molar-refractivity contribution >= 4 is 0 Å². The predicted molar refractivity (Wildman–Crippen MR) is 38.8 cm³/mol. The van der Waals surface area contributed by atoms with E-state index in [1.165, 1.54) is 6.07 Å². The van der Waals surface area contributed by atoms with E-state index in [-0.39, 0.29) is 6.07 Å². The first-order valence-corrected chi connectivity index (χ1v) is 3.31. The Morgan fingerprint density at radius 1 is 1.00 bits per heavy atom. The fourth-order valence-electron chi connectivity index (χ4n) is 0.773. The summed E-state index contributed by atoms with van der Waals surface area (Å²) in [7, 11) is 0. The molecule has 0 fully saturated rings. The third-order valence-corrected chi connectivity index (χ3v) is 1.36. The molecule has 0 N–H and O–H groups in total. The van der Waals surface area contributed by atoms with Crippen molar-refractivity contribution in [3.05, 3.63) is 34.9 Å². The highest BCUT2D eigenvalue weighted by molar-refractivity contribution is 5.40. The van der Waals surface area contributed by atoms with Crippen LogP contribution < -0.4 is 0 Å². The molecule has 0 amide bonds. The lowest BCUT2D eigenvalue weighted by molar-refractivity contribution is 0.450. The molecule has 1 rings (SSSR count). The fraction of sp³-hybridized carbons (Fsp3) is 0. The van der Waals surface area contributed by atoms with Crippen LogP contribution in [0.1, 0.15) is 5.56 Å². The maximum absolute atomic E-state index is 12.8. The highest BCUT2D eigenvalue weighted by Crippen LogP contribution is 2.17. The van der Waals surface area contributed by atoms with E-state index in [4.69, 9.17) is 5.26 Å². The summed E-state index contributed by atoms with van der Waals surface area (Å²) < 4.78 is 50.6. The highest BCUT2D eigenvalue weighted by atomic mass is 19.2. The normalized spacial score (nSPS) is 8.79. The van der Waals surface area contributed by atoms with E-state index in [2.05, 4.69) is 0 Å². The first-order valence-electron chi connectivity index (χ1n) is 3.31. The fourth-order valence-corrected chi connectivity index (χ4v) is 0.773. The zero-order valence-electron chi connectivity index (χ0n) is 6.54. The molecule has 0 saturated carbocycles. The van der Waals surface area contributed by atoms with Crippen LogP contribution in [0.5, 0.6) is 0 Å². The second-order valence-corrected chi connectivity index (χ2v) is 2.20. The van der Waals surface area contributed by atoms with Gasteiger partial charge in [-0.2, -0.15) is 5.26 Å². The molecule has 0 aromatic heterocycles. The third-order valence-electron chi connectivity index (χ3n) is 1.36. The first kappa shape index (κ1) is 10.1. The molecule has 0 aliphatic rings. The Morgan fingerprint density at radius 3 is 1.93 bits per heavy atom. The van der Waals surface area contributed by atoms with E-state index in [0.717, 1.165) is 0 Å². The molecular weight excluding hydrogens is 198 g/mol. The quantitative estimate of drug-likeness (QED) is 0.356. The molecule has 0 aliphatic heterocycles. The summed E-state index contributed by atoms with van der Waals surface area (Å²) in [5.74, 6) is -3.00. The van der Waals surface area contributed by atoms with Crippen LogP contribution in [-0.4, -0.2) is 0 Å². The first-order chi connectivity index (χ1) is 6.57. The number of hydrogen-bond donors (Lipinski definition) is 0. The second-order valence-electron chi connectivity index (χ2n) is 2.20. The molecule has 0 saturated heterocycles. The molecule has 5 heteroatoms. The van der Waals surface area contributed by atoms with Gasteiger partial charge < -0.3 is 0 Å². The molecule has 1 nitrogen and oxygen atoms in total. The van der Waals surface area contributed by atoms with E-state index in [9.17, 15) is 17.6 Å². The standard InChI is InChI=1S/C9HF4N/c10-6-4-7(11)9(13)5(8(6)12)2-1-3-14/h4H. The van der Waals surface area contributed by atoms with E-state index in [0.29, 0.717) is 0 Å². The molecule has 0 atom stereocenters. The Bertz CT molecular complexity index is 450. The SMILES string of the molecule is N#CC#Cc1c(F)c(F)cc(F)c1F. The smallest absolute Gasteiger partial charge is 0.177 e. The molecule has 1 aromatic rings. The minimum absolute atomic E-state index is 0.0716. The number of halogens is 4. The van der Waals surface area contributed by atoms with Gasteiger partial charge in [-0.3, -0.25) is 0 Å². The monoisotopic (exact) mass is 199 g/mol. The number of nitrogens with zero attached hydrogens (tertiary/aromatic N) is 1. The van der Waals surface area contributed by atoms with Gasteiger partial charge in [-0.25, -0.2) is 17.6 Å². The van der Waals surface area contributed by atoms with Crippen LogP contribution in [0.3, 0.4) is 0 Å². The predicted octanol–water partition coefficient (Wildman–Crippen LogP) is 2.12. The van der Waals surface area contributed by atoms with Gasteiger partial charge in [0.2, 0.25) is 0 Å². The molecule has 0 aliphatic carbocycles. The van der Waals surface area contributed by atoms with Crippen LogP contribution in [0, 0.1) is 46.4 Å². The Balaban J connectivity index is 3.49. The lowest BCUT2D eigenvalue weighted by atomic mass is 10.2. The van der Waals surface area contributed by atoms with Crippen LogP contribution >= 0.6 is 0 Å². The third kappa shape index (κ3) is 1.67. The molecule has 0 radical (unpaired) electrons. The summed E-state index contributed by atoms with van der Waals surface area (Å²) in [6.07, 6.45) is 0. The zero-order valence-corrected chi connectivity index (χ0v) is 6.54. The number of rotatable bonds is 0. The van der Waals surface area contributed by atoms with Crippen molar-refractivity contribution in [1.82, 2.24) is 0 Å². The van der Waals surface area contributed by atoms with E-state index < -0.39 is 28.8 Å².